The van der Waals surface area contributed by atoms with Crippen LogP contribution in [0.4, 0.5) is 5.69 Å². The summed E-state index contributed by atoms with van der Waals surface area (Å²) in [5.41, 5.74) is 0.798. The maximum atomic E-state index is 12.2. The van der Waals surface area contributed by atoms with E-state index < -0.39 is 31.3 Å². The molecule has 0 aliphatic rings. The zero-order valence-electron chi connectivity index (χ0n) is 13.3. The van der Waals surface area contributed by atoms with E-state index >= 15 is 0 Å². The number of hydrogen-bond donors (Lipinski definition) is 1. The summed E-state index contributed by atoms with van der Waals surface area (Å²) in [5, 5.41) is 2.42. The SMILES string of the molecule is CS(=O)(=O)c1cccc(NC(=O)CS(=O)(=O)Cc2cccc(Br)c2)c1. The molecule has 0 spiro atoms. The van der Waals surface area contributed by atoms with E-state index in [1.165, 1.54) is 24.3 Å². The van der Waals surface area contributed by atoms with Crippen LogP contribution in [0.1, 0.15) is 5.56 Å². The van der Waals surface area contributed by atoms with Gasteiger partial charge in [-0.05, 0) is 35.9 Å². The normalized spacial score (nSPS) is 11.9. The van der Waals surface area contributed by atoms with Gasteiger partial charge < -0.3 is 5.32 Å². The number of nitrogens with one attached hydrogen (secondary N) is 1. The fourth-order valence-corrected chi connectivity index (χ4v) is 4.51. The standard InChI is InChI=1S/C16H16BrNO5S2/c1-24(20,21)15-7-3-6-14(9-15)18-16(19)11-25(22,23)10-12-4-2-5-13(17)8-12/h2-9H,10-11H2,1H3,(H,18,19). The van der Waals surface area contributed by atoms with Gasteiger partial charge in [0.1, 0.15) is 5.75 Å². The fraction of sp³-hybridized carbons (Fsp3) is 0.188. The largest absolute Gasteiger partial charge is 0.325 e. The molecule has 6 nitrogen and oxygen atoms in total. The molecule has 0 radical (unpaired) electrons. The van der Waals surface area contributed by atoms with Gasteiger partial charge in [0, 0.05) is 16.4 Å². The topological polar surface area (TPSA) is 97.4 Å². The van der Waals surface area contributed by atoms with Gasteiger partial charge in [-0.3, -0.25) is 4.79 Å². The van der Waals surface area contributed by atoms with Crippen LogP contribution >= 0.6 is 15.9 Å². The van der Waals surface area contributed by atoms with Crippen LogP contribution in [0.2, 0.25) is 0 Å². The molecule has 0 saturated heterocycles. The van der Waals surface area contributed by atoms with Crippen molar-refractivity contribution in [2.24, 2.45) is 0 Å². The lowest BCUT2D eigenvalue weighted by molar-refractivity contribution is -0.113. The van der Waals surface area contributed by atoms with Gasteiger partial charge >= 0.3 is 0 Å². The van der Waals surface area contributed by atoms with Gasteiger partial charge in [-0.1, -0.05) is 34.1 Å². The lowest BCUT2D eigenvalue weighted by atomic mass is 10.2. The van der Waals surface area contributed by atoms with E-state index in [1.54, 1.807) is 24.3 Å². The molecule has 0 aromatic heterocycles. The van der Waals surface area contributed by atoms with Crippen LogP contribution in [0.25, 0.3) is 0 Å². The molecule has 1 amide bonds. The van der Waals surface area contributed by atoms with Crippen molar-refractivity contribution in [2.75, 3.05) is 17.3 Å². The lowest BCUT2D eigenvalue weighted by Gasteiger charge is -2.08. The zero-order chi connectivity index (χ0) is 18.7. The van der Waals surface area contributed by atoms with Gasteiger partial charge in [-0.25, -0.2) is 16.8 Å². The lowest BCUT2D eigenvalue weighted by Crippen LogP contribution is -2.24. The van der Waals surface area contributed by atoms with Gasteiger partial charge in [-0.2, -0.15) is 0 Å². The fourth-order valence-electron chi connectivity index (χ4n) is 2.13. The van der Waals surface area contributed by atoms with Crippen molar-refractivity contribution < 1.29 is 21.6 Å². The minimum Gasteiger partial charge on any atom is -0.325 e. The number of hydrogen-bond acceptors (Lipinski definition) is 5. The highest BCUT2D eigenvalue weighted by atomic mass is 79.9. The third-order valence-corrected chi connectivity index (χ3v) is 6.25. The number of anilines is 1. The van der Waals surface area contributed by atoms with Crippen LogP contribution in [0.5, 0.6) is 0 Å². The Labute approximate surface area is 155 Å². The molecule has 0 bridgehead atoms. The van der Waals surface area contributed by atoms with Crippen LogP contribution in [-0.2, 0) is 30.2 Å². The number of halogens is 1. The van der Waals surface area contributed by atoms with Crippen LogP contribution in [0.3, 0.4) is 0 Å². The quantitative estimate of drug-likeness (QED) is 0.735. The molecule has 9 heteroatoms. The smallest absolute Gasteiger partial charge is 0.239 e. The minimum atomic E-state index is -3.66. The number of carbonyl (C=O) groups excluding carboxylic acids is 1. The summed E-state index contributed by atoms with van der Waals surface area (Å²) >= 11 is 3.26. The maximum absolute atomic E-state index is 12.2. The van der Waals surface area contributed by atoms with Gasteiger partial charge in [0.15, 0.2) is 19.7 Å². The second-order valence-electron chi connectivity index (χ2n) is 5.51. The molecule has 0 heterocycles. The summed E-state index contributed by atoms with van der Waals surface area (Å²) in [6.07, 6.45) is 1.05. The Balaban J connectivity index is 2.07. The molecular formula is C16H16BrNO5S2. The molecular weight excluding hydrogens is 430 g/mol. The van der Waals surface area contributed by atoms with Crippen molar-refractivity contribution in [1.82, 2.24) is 0 Å². The van der Waals surface area contributed by atoms with E-state index in [1.807, 2.05) is 0 Å². The Morgan fingerprint density at radius 1 is 1.04 bits per heavy atom. The Hall–Kier alpha value is -1.71. The highest BCUT2D eigenvalue weighted by Gasteiger charge is 2.18. The number of rotatable bonds is 6. The monoisotopic (exact) mass is 445 g/mol. The third kappa shape index (κ3) is 6.26. The summed E-state index contributed by atoms with van der Waals surface area (Å²) in [4.78, 5) is 12.0. The van der Waals surface area contributed by atoms with Gasteiger partial charge in [-0.15, -0.1) is 0 Å². The molecule has 0 fully saturated rings. The Morgan fingerprint density at radius 2 is 1.72 bits per heavy atom. The molecule has 134 valence electrons. The number of benzene rings is 2. The van der Waals surface area contributed by atoms with Crippen molar-refractivity contribution in [3.63, 3.8) is 0 Å². The molecule has 0 unspecified atom stereocenters. The van der Waals surface area contributed by atoms with Crippen molar-refractivity contribution in [2.45, 2.75) is 10.6 Å². The molecule has 2 rings (SSSR count). The molecule has 0 saturated carbocycles. The summed E-state index contributed by atoms with van der Waals surface area (Å²) in [7, 11) is -7.08. The van der Waals surface area contributed by atoms with Crippen LogP contribution < -0.4 is 5.32 Å². The first-order valence-corrected chi connectivity index (χ1v) is 11.6. The van der Waals surface area contributed by atoms with Crippen LogP contribution in [-0.4, -0.2) is 34.8 Å². The highest BCUT2D eigenvalue weighted by Crippen LogP contribution is 2.17. The van der Waals surface area contributed by atoms with Gasteiger partial charge in [0.2, 0.25) is 5.91 Å². The van der Waals surface area contributed by atoms with E-state index in [2.05, 4.69) is 21.2 Å². The van der Waals surface area contributed by atoms with Crippen molar-refractivity contribution in [3.8, 4) is 0 Å². The first-order valence-electron chi connectivity index (χ1n) is 7.10. The molecule has 2 aromatic carbocycles. The Kier molecular flexibility index (Phi) is 6.02. The van der Waals surface area contributed by atoms with Gasteiger partial charge in [0.05, 0.1) is 10.6 Å². The predicted octanol–water partition coefficient (Wildman–Crippen LogP) is 2.41. The number of carbonyl (C=O) groups is 1. The summed E-state index contributed by atoms with van der Waals surface area (Å²) in [6.45, 7) is 0. The second-order valence-corrected chi connectivity index (χ2v) is 10.5. The van der Waals surface area contributed by atoms with E-state index in [-0.39, 0.29) is 16.3 Å². The molecule has 1 N–H and O–H groups in total. The Morgan fingerprint density at radius 3 is 2.36 bits per heavy atom. The molecule has 2 aromatic rings. The molecule has 0 aliphatic carbocycles. The first kappa shape index (κ1) is 19.6. The first-order chi connectivity index (χ1) is 11.5. The predicted molar refractivity (Wildman–Crippen MR) is 99.8 cm³/mol. The summed E-state index contributed by atoms with van der Waals surface area (Å²) in [6, 6.07) is 12.5. The zero-order valence-corrected chi connectivity index (χ0v) is 16.5. The van der Waals surface area contributed by atoms with Crippen LogP contribution in [0, 0.1) is 0 Å². The van der Waals surface area contributed by atoms with E-state index in [4.69, 9.17) is 0 Å². The van der Waals surface area contributed by atoms with E-state index in [0.717, 1.165) is 10.7 Å². The highest BCUT2D eigenvalue weighted by molar-refractivity contribution is 9.10. The summed E-state index contributed by atoms with van der Waals surface area (Å²) < 4.78 is 48.1. The van der Waals surface area contributed by atoms with Crippen molar-refractivity contribution in [1.29, 1.82) is 0 Å². The van der Waals surface area contributed by atoms with Gasteiger partial charge in [0.25, 0.3) is 0 Å². The molecule has 0 atom stereocenters. The molecule has 25 heavy (non-hydrogen) atoms. The van der Waals surface area contributed by atoms with E-state index in [9.17, 15) is 21.6 Å². The number of sulfone groups is 2. The third-order valence-electron chi connectivity index (χ3n) is 3.17. The van der Waals surface area contributed by atoms with Crippen molar-refractivity contribution in [3.05, 3.63) is 58.6 Å². The molecule has 0 aliphatic heterocycles. The minimum absolute atomic E-state index is 0.0438. The second kappa shape index (κ2) is 7.67. The van der Waals surface area contributed by atoms with Crippen LogP contribution in [0.15, 0.2) is 57.9 Å². The maximum Gasteiger partial charge on any atom is 0.239 e. The number of amides is 1. The van der Waals surface area contributed by atoms with E-state index in [0.29, 0.717) is 5.56 Å². The summed E-state index contributed by atoms with van der Waals surface area (Å²) in [5.74, 6) is -1.67. The van der Waals surface area contributed by atoms with Crippen molar-refractivity contribution >= 4 is 47.2 Å². The average Bonchev–Trinajstić information content (AvgIpc) is 2.45. The Bertz CT molecular complexity index is 1000. The average molecular weight is 446 g/mol.